The maximum Gasteiger partial charge on any atom is 0.137 e. The molecule has 3 nitrogen and oxygen atoms in total. The standard InChI is InChI=1S/C10H9Cl5O3/c11-3-1-4(7(17)9(12)13)6(16)5(2-3)8(18)10(14)15/h1-2,7-10,16-18H. The molecule has 8 heteroatoms. The normalized spacial score (nSPS) is 15.2. The number of alkyl halides is 4. The highest BCUT2D eigenvalue weighted by atomic mass is 35.5. The van der Waals surface area contributed by atoms with Gasteiger partial charge in [0.1, 0.15) is 27.6 Å². The van der Waals surface area contributed by atoms with E-state index in [1.165, 1.54) is 12.1 Å². The number of aliphatic hydroxyl groups is 2. The van der Waals surface area contributed by atoms with E-state index in [9.17, 15) is 15.3 Å². The van der Waals surface area contributed by atoms with Gasteiger partial charge < -0.3 is 15.3 Å². The van der Waals surface area contributed by atoms with Crippen LogP contribution in [0.15, 0.2) is 12.1 Å². The number of hydrogen-bond donors (Lipinski definition) is 3. The van der Waals surface area contributed by atoms with Crippen molar-refractivity contribution >= 4 is 58.0 Å². The van der Waals surface area contributed by atoms with E-state index in [1.807, 2.05) is 0 Å². The van der Waals surface area contributed by atoms with Crippen LogP contribution in [0.1, 0.15) is 23.3 Å². The van der Waals surface area contributed by atoms with Crippen molar-refractivity contribution in [1.29, 1.82) is 0 Å². The first-order valence-corrected chi connectivity index (χ1v) is 6.82. The number of rotatable bonds is 4. The zero-order chi connectivity index (χ0) is 14.0. The molecule has 1 rings (SSSR count). The number of phenolic OH excluding ortho intramolecular Hbond substituents is 1. The average Bonchev–Trinajstić information content (AvgIpc) is 2.29. The van der Waals surface area contributed by atoms with Crippen molar-refractivity contribution in [2.75, 3.05) is 0 Å². The van der Waals surface area contributed by atoms with Crippen LogP contribution in [0, 0.1) is 0 Å². The second kappa shape index (κ2) is 6.71. The highest BCUT2D eigenvalue weighted by Gasteiger charge is 2.26. The van der Waals surface area contributed by atoms with E-state index >= 15 is 0 Å². The number of halogens is 5. The van der Waals surface area contributed by atoms with E-state index in [0.717, 1.165) is 0 Å². The van der Waals surface area contributed by atoms with Gasteiger partial charge in [0.05, 0.1) is 0 Å². The van der Waals surface area contributed by atoms with Crippen molar-refractivity contribution < 1.29 is 15.3 Å². The van der Waals surface area contributed by atoms with Crippen molar-refractivity contribution in [3.63, 3.8) is 0 Å². The lowest BCUT2D eigenvalue weighted by Crippen LogP contribution is -2.11. The minimum atomic E-state index is -1.36. The average molecular weight is 354 g/mol. The topological polar surface area (TPSA) is 60.7 Å². The van der Waals surface area contributed by atoms with Crippen LogP contribution in [-0.4, -0.2) is 25.0 Å². The molecular weight excluding hydrogens is 345 g/mol. The van der Waals surface area contributed by atoms with Crippen LogP contribution in [0.5, 0.6) is 5.75 Å². The Morgan fingerprint density at radius 2 is 1.17 bits per heavy atom. The molecule has 0 amide bonds. The first-order chi connectivity index (χ1) is 8.25. The van der Waals surface area contributed by atoms with Crippen LogP contribution in [0.2, 0.25) is 5.02 Å². The number of phenols is 1. The van der Waals surface area contributed by atoms with Crippen LogP contribution < -0.4 is 0 Å². The van der Waals surface area contributed by atoms with Crippen LogP contribution in [0.3, 0.4) is 0 Å². The Balaban J connectivity index is 3.30. The first kappa shape index (κ1) is 16.4. The zero-order valence-electron chi connectivity index (χ0n) is 8.70. The van der Waals surface area contributed by atoms with Crippen LogP contribution in [0.25, 0.3) is 0 Å². The molecule has 0 saturated carbocycles. The summed E-state index contributed by atoms with van der Waals surface area (Å²) in [4.78, 5) is -2.33. The second-order valence-corrected chi connectivity index (χ2v) is 6.26. The minimum absolute atomic E-state index is 0.0134. The molecule has 0 aromatic heterocycles. The summed E-state index contributed by atoms with van der Waals surface area (Å²) in [6, 6.07) is 2.57. The van der Waals surface area contributed by atoms with Gasteiger partial charge in [0.15, 0.2) is 0 Å². The van der Waals surface area contributed by atoms with Crippen molar-refractivity contribution in [1.82, 2.24) is 0 Å². The van der Waals surface area contributed by atoms with Crippen LogP contribution >= 0.6 is 58.0 Å². The summed E-state index contributed by atoms with van der Waals surface area (Å²) >= 11 is 27.9. The SMILES string of the molecule is Oc1c(C(O)C(Cl)Cl)cc(Cl)cc1C(O)C(Cl)Cl. The maximum absolute atomic E-state index is 9.94. The van der Waals surface area contributed by atoms with Gasteiger partial charge >= 0.3 is 0 Å². The van der Waals surface area contributed by atoms with Gasteiger partial charge in [-0.15, -0.1) is 46.4 Å². The van der Waals surface area contributed by atoms with Crippen LogP contribution in [0.4, 0.5) is 0 Å². The van der Waals surface area contributed by atoms with Gasteiger partial charge in [-0.3, -0.25) is 0 Å². The lowest BCUT2D eigenvalue weighted by Gasteiger charge is -2.19. The molecule has 0 radical (unpaired) electrons. The van der Waals surface area contributed by atoms with Crippen molar-refractivity contribution in [2.24, 2.45) is 0 Å². The van der Waals surface area contributed by atoms with Crippen molar-refractivity contribution in [3.8, 4) is 5.75 Å². The van der Waals surface area contributed by atoms with Crippen molar-refractivity contribution in [2.45, 2.75) is 21.9 Å². The molecule has 1 aromatic rings. The molecule has 1 aromatic carbocycles. The van der Waals surface area contributed by atoms with Gasteiger partial charge in [0, 0.05) is 16.1 Å². The Morgan fingerprint density at radius 3 is 1.44 bits per heavy atom. The molecule has 3 N–H and O–H groups in total. The molecule has 102 valence electrons. The van der Waals surface area contributed by atoms with Gasteiger partial charge in [0.2, 0.25) is 0 Å². The van der Waals surface area contributed by atoms with E-state index in [2.05, 4.69) is 0 Å². The van der Waals surface area contributed by atoms with E-state index < -0.39 is 27.6 Å². The monoisotopic (exact) mass is 352 g/mol. The lowest BCUT2D eigenvalue weighted by atomic mass is 10.0. The number of aliphatic hydroxyl groups excluding tert-OH is 2. The molecule has 2 unspecified atom stereocenters. The summed E-state index contributed by atoms with van der Waals surface area (Å²) in [7, 11) is 0. The van der Waals surface area contributed by atoms with E-state index in [1.54, 1.807) is 0 Å². The Kier molecular flexibility index (Phi) is 6.13. The molecule has 0 aliphatic carbocycles. The van der Waals surface area contributed by atoms with E-state index in [4.69, 9.17) is 58.0 Å². The molecular formula is C10H9Cl5O3. The molecule has 0 saturated heterocycles. The Hall–Kier alpha value is 0.390. The third kappa shape index (κ3) is 3.70. The van der Waals surface area contributed by atoms with Gasteiger partial charge in [0.25, 0.3) is 0 Å². The number of benzene rings is 1. The van der Waals surface area contributed by atoms with Gasteiger partial charge in [-0.1, -0.05) is 11.6 Å². The van der Waals surface area contributed by atoms with Gasteiger partial charge in [-0.05, 0) is 12.1 Å². The predicted molar refractivity (Wildman–Crippen MR) is 74.0 cm³/mol. The number of hydrogen-bond acceptors (Lipinski definition) is 3. The highest BCUT2D eigenvalue weighted by molar-refractivity contribution is 6.45. The molecule has 0 aliphatic rings. The largest absolute Gasteiger partial charge is 0.507 e. The molecule has 0 spiro atoms. The Labute approximate surface area is 129 Å². The molecule has 0 bridgehead atoms. The smallest absolute Gasteiger partial charge is 0.137 e. The Bertz CT molecular complexity index is 389. The fraction of sp³-hybridized carbons (Fsp3) is 0.400. The lowest BCUT2D eigenvalue weighted by molar-refractivity contribution is 0.178. The molecule has 0 aliphatic heterocycles. The summed E-state index contributed by atoms with van der Waals surface area (Å²) in [6.45, 7) is 0. The molecule has 0 heterocycles. The highest BCUT2D eigenvalue weighted by Crippen LogP contribution is 2.39. The third-order valence-corrected chi connectivity index (χ3v) is 3.42. The van der Waals surface area contributed by atoms with Gasteiger partial charge in [-0.25, -0.2) is 0 Å². The maximum atomic E-state index is 9.94. The Morgan fingerprint density at radius 1 is 0.833 bits per heavy atom. The fourth-order valence-electron chi connectivity index (χ4n) is 1.36. The minimum Gasteiger partial charge on any atom is -0.507 e. The second-order valence-electron chi connectivity index (χ2n) is 3.49. The van der Waals surface area contributed by atoms with Crippen LogP contribution in [-0.2, 0) is 0 Å². The van der Waals surface area contributed by atoms with E-state index in [-0.39, 0.29) is 16.1 Å². The summed E-state index contributed by atoms with van der Waals surface area (Å²) in [5.41, 5.74) is -0.0268. The predicted octanol–water partition coefficient (Wildman–Crippen LogP) is 3.72. The third-order valence-electron chi connectivity index (χ3n) is 2.25. The molecule has 2 atom stereocenters. The number of aromatic hydroxyl groups is 1. The van der Waals surface area contributed by atoms with Crippen molar-refractivity contribution in [3.05, 3.63) is 28.3 Å². The summed E-state index contributed by atoms with van der Waals surface area (Å²) in [5.74, 6) is -0.406. The fourth-order valence-corrected chi connectivity index (χ4v) is 2.14. The summed E-state index contributed by atoms with van der Waals surface area (Å²) in [5, 5.41) is 29.5. The summed E-state index contributed by atoms with van der Waals surface area (Å²) in [6.07, 6.45) is -2.72. The quantitative estimate of drug-likeness (QED) is 0.722. The van der Waals surface area contributed by atoms with E-state index in [0.29, 0.717) is 0 Å². The zero-order valence-corrected chi connectivity index (χ0v) is 12.5. The first-order valence-electron chi connectivity index (χ1n) is 4.70. The molecule has 18 heavy (non-hydrogen) atoms. The molecule has 0 fully saturated rings. The van der Waals surface area contributed by atoms with Gasteiger partial charge in [-0.2, -0.15) is 0 Å². The summed E-state index contributed by atoms with van der Waals surface area (Å²) < 4.78 is 0.